The number of ether oxygens (including phenoxy) is 1. The molecular formula is C22H21Br2F2NO. The molecule has 28 heavy (non-hydrogen) atoms. The van der Waals surface area contributed by atoms with Crippen LogP contribution in [0.5, 0.6) is 5.75 Å². The maximum absolute atomic E-state index is 15.5. The van der Waals surface area contributed by atoms with Gasteiger partial charge < -0.3 is 4.74 Å². The Balaban J connectivity index is 1.44. The third-order valence-corrected chi connectivity index (χ3v) is 8.26. The molecule has 1 heterocycles. The molecule has 1 unspecified atom stereocenters. The Kier molecular flexibility index (Phi) is 4.25. The first-order valence-corrected chi connectivity index (χ1v) is 11.1. The smallest absolute Gasteiger partial charge is 0.166 e. The van der Waals surface area contributed by atoms with E-state index in [0.717, 1.165) is 42.8 Å². The molecule has 148 valence electrons. The van der Waals surface area contributed by atoms with Crippen LogP contribution >= 0.6 is 31.9 Å². The zero-order valence-corrected chi connectivity index (χ0v) is 18.7. The molecule has 0 radical (unpaired) electrons. The zero-order chi connectivity index (χ0) is 19.7. The first-order valence-electron chi connectivity index (χ1n) is 9.52. The van der Waals surface area contributed by atoms with E-state index >= 15 is 8.78 Å². The van der Waals surface area contributed by atoms with Crippen LogP contribution in [0.15, 0.2) is 36.4 Å². The van der Waals surface area contributed by atoms with Crippen LogP contribution in [0.3, 0.4) is 0 Å². The van der Waals surface area contributed by atoms with Crippen molar-refractivity contribution in [1.82, 2.24) is 4.90 Å². The van der Waals surface area contributed by atoms with Crippen molar-refractivity contribution in [3.8, 4) is 5.75 Å². The lowest BCUT2D eigenvalue weighted by Crippen LogP contribution is -2.38. The van der Waals surface area contributed by atoms with Crippen molar-refractivity contribution in [2.75, 3.05) is 13.7 Å². The summed E-state index contributed by atoms with van der Waals surface area (Å²) in [5.41, 5.74) is 1.32. The van der Waals surface area contributed by atoms with Crippen molar-refractivity contribution in [2.24, 2.45) is 0 Å². The molecule has 2 aromatic rings. The summed E-state index contributed by atoms with van der Waals surface area (Å²) in [6, 6.07) is 11.7. The number of hydrogen-bond donors (Lipinski definition) is 0. The first kappa shape index (κ1) is 19.0. The first-order chi connectivity index (χ1) is 13.3. The van der Waals surface area contributed by atoms with Crippen molar-refractivity contribution < 1.29 is 13.5 Å². The number of alkyl halides is 3. The van der Waals surface area contributed by atoms with Gasteiger partial charge in [-0.2, -0.15) is 0 Å². The van der Waals surface area contributed by atoms with E-state index in [2.05, 4.69) is 48.9 Å². The summed E-state index contributed by atoms with van der Waals surface area (Å²) < 4.78 is 35.1. The Bertz CT molecular complexity index is 942. The van der Waals surface area contributed by atoms with Gasteiger partial charge in [-0.25, -0.2) is 8.78 Å². The van der Waals surface area contributed by atoms with Gasteiger partial charge in [0.05, 0.1) is 7.11 Å². The average Bonchev–Trinajstić information content (AvgIpc) is 3.52. The second kappa shape index (κ2) is 6.26. The van der Waals surface area contributed by atoms with E-state index in [-0.39, 0.29) is 23.2 Å². The summed E-state index contributed by atoms with van der Waals surface area (Å²) in [6.07, 6.45) is 2.17. The number of fused-ring (bicyclic) bond motifs is 2. The van der Waals surface area contributed by atoms with Crippen LogP contribution in [0.4, 0.5) is 8.78 Å². The fraction of sp³-hybridized carbons (Fsp3) is 0.455. The maximum Gasteiger partial charge on any atom is 0.166 e. The molecule has 2 fully saturated rings. The summed E-state index contributed by atoms with van der Waals surface area (Å²) in [7, 11) is 1.66. The van der Waals surface area contributed by atoms with Crippen LogP contribution < -0.4 is 4.74 Å². The molecule has 0 aromatic heterocycles. The lowest BCUT2D eigenvalue weighted by Gasteiger charge is -2.36. The maximum atomic E-state index is 15.5. The monoisotopic (exact) mass is 511 g/mol. The topological polar surface area (TPSA) is 12.5 Å². The van der Waals surface area contributed by atoms with Crippen LogP contribution in [0.1, 0.15) is 41.5 Å². The Labute approximate surface area is 180 Å². The van der Waals surface area contributed by atoms with E-state index in [1.165, 1.54) is 5.56 Å². The van der Waals surface area contributed by atoms with Gasteiger partial charge in [0.25, 0.3) is 0 Å². The van der Waals surface area contributed by atoms with E-state index in [1.807, 2.05) is 18.2 Å². The minimum Gasteiger partial charge on any atom is -0.497 e. The lowest BCUT2D eigenvalue weighted by molar-refractivity contribution is 0.208. The molecular weight excluding hydrogens is 492 g/mol. The molecule has 2 saturated carbocycles. The zero-order valence-electron chi connectivity index (χ0n) is 15.6. The largest absolute Gasteiger partial charge is 0.497 e. The SMILES string of the molecule is COc1ccc(CN2Cc3ccc(C4(F)CC4(Br)Br)c(F)c3C3(CC3)C2)cc1. The third kappa shape index (κ3) is 2.86. The average molecular weight is 513 g/mol. The number of hydrogen-bond acceptors (Lipinski definition) is 2. The Morgan fingerprint density at radius 1 is 1.11 bits per heavy atom. The van der Waals surface area contributed by atoms with Crippen LogP contribution in [0, 0.1) is 5.82 Å². The van der Waals surface area contributed by atoms with Gasteiger partial charge in [0.2, 0.25) is 0 Å². The van der Waals surface area contributed by atoms with Gasteiger partial charge in [0.1, 0.15) is 14.8 Å². The van der Waals surface area contributed by atoms with E-state index in [9.17, 15) is 0 Å². The molecule has 2 aromatic carbocycles. The molecule has 2 nitrogen and oxygen atoms in total. The van der Waals surface area contributed by atoms with Gasteiger partial charge in [0.15, 0.2) is 5.67 Å². The van der Waals surface area contributed by atoms with E-state index in [0.29, 0.717) is 6.54 Å². The molecule has 0 N–H and O–H groups in total. The molecule has 1 atom stereocenters. The minimum atomic E-state index is -1.68. The standard InChI is InChI=1S/C22H21Br2F2NO/c1-28-16-5-2-14(3-6-16)10-27-11-15-4-7-17(21(26)12-22(21,23)24)19(25)18(15)20(13-27)8-9-20/h2-7H,8-13H2,1H3. The Hall–Kier alpha value is -0.980. The van der Waals surface area contributed by atoms with E-state index in [4.69, 9.17) is 4.74 Å². The molecule has 5 rings (SSSR count). The van der Waals surface area contributed by atoms with Gasteiger partial charge in [-0.15, -0.1) is 0 Å². The molecule has 1 spiro atoms. The highest BCUT2D eigenvalue weighted by atomic mass is 79.9. The fourth-order valence-corrected chi connectivity index (χ4v) is 5.84. The van der Waals surface area contributed by atoms with Gasteiger partial charge in [0, 0.05) is 42.6 Å². The summed E-state index contributed by atoms with van der Waals surface area (Å²) in [4.78, 5) is 2.37. The summed E-state index contributed by atoms with van der Waals surface area (Å²) in [5, 5.41) is 0. The summed E-state index contributed by atoms with van der Waals surface area (Å²) >= 11 is 6.67. The third-order valence-electron chi connectivity index (χ3n) is 6.44. The number of halogens is 4. The number of methoxy groups -OCH3 is 1. The van der Waals surface area contributed by atoms with Crippen molar-refractivity contribution >= 4 is 31.9 Å². The predicted molar refractivity (Wildman–Crippen MR) is 112 cm³/mol. The van der Waals surface area contributed by atoms with Gasteiger partial charge in [-0.3, -0.25) is 4.90 Å². The molecule has 6 heteroatoms. The molecule has 0 bridgehead atoms. The summed E-state index contributed by atoms with van der Waals surface area (Å²) in [5.74, 6) is 0.512. The number of rotatable bonds is 4. The van der Waals surface area contributed by atoms with Crippen molar-refractivity contribution in [3.05, 3.63) is 64.5 Å². The van der Waals surface area contributed by atoms with Gasteiger partial charge in [-0.1, -0.05) is 56.1 Å². The van der Waals surface area contributed by atoms with Crippen LogP contribution in [0.2, 0.25) is 0 Å². The molecule has 2 aliphatic carbocycles. The highest BCUT2D eigenvalue weighted by Crippen LogP contribution is 2.69. The number of benzene rings is 2. The normalized spacial score (nSPS) is 26.8. The predicted octanol–water partition coefficient (Wildman–Crippen LogP) is 5.94. The molecule has 0 amide bonds. The van der Waals surface area contributed by atoms with E-state index < -0.39 is 8.90 Å². The molecule has 3 aliphatic rings. The second-order valence-corrected chi connectivity index (χ2v) is 12.2. The Morgan fingerprint density at radius 3 is 2.36 bits per heavy atom. The van der Waals surface area contributed by atoms with Crippen LogP contribution in [-0.4, -0.2) is 21.8 Å². The van der Waals surface area contributed by atoms with Crippen molar-refractivity contribution in [2.45, 2.75) is 46.7 Å². The fourth-order valence-electron chi connectivity index (χ4n) is 4.65. The van der Waals surface area contributed by atoms with E-state index in [1.54, 1.807) is 13.2 Å². The minimum absolute atomic E-state index is 0.160. The second-order valence-electron chi connectivity index (χ2n) is 8.42. The van der Waals surface area contributed by atoms with Gasteiger partial charge >= 0.3 is 0 Å². The molecule has 1 aliphatic heterocycles. The van der Waals surface area contributed by atoms with Gasteiger partial charge in [-0.05, 0) is 36.1 Å². The van der Waals surface area contributed by atoms with Crippen molar-refractivity contribution in [1.29, 1.82) is 0 Å². The highest BCUT2D eigenvalue weighted by molar-refractivity contribution is 9.25. The highest BCUT2D eigenvalue weighted by Gasteiger charge is 2.69. The molecule has 0 saturated heterocycles. The van der Waals surface area contributed by atoms with Crippen molar-refractivity contribution in [3.63, 3.8) is 0 Å². The summed E-state index contributed by atoms with van der Waals surface area (Å²) in [6.45, 7) is 2.32. The quantitative estimate of drug-likeness (QED) is 0.470. The Morgan fingerprint density at radius 2 is 1.79 bits per heavy atom. The number of nitrogens with zero attached hydrogens (tertiary/aromatic N) is 1. The lowest BCUT2D eigenvalue weighted by atomic mass is 9.84. The van der Waals surface area contributed by atoms with Crippen LogP contribution in [-0.2, 0) is 24.2 Å². The van der Waals surface area contributed by atoms with Crippen LogP contribution in [0.25, 0.3) is 0 Å².